The molecule has 0 unspecified atom stereocenters. The fourth-order valence-corrected chi connectivity index (χ4v) is 1.12. The lowest BCUT2D eigenvalue weighted by Gasteiger charge is -2.03. The minimum Gasteiger partial charge on any atom is -0.481 e. The van der Waals surface area contributed by atoms with Gasteiger partial charge in [-0.3, -0.25) is 14.4 Å². The largest absolute Gasteiger partial charge is 0.481 e. The van der Waals surface area contributed by atoms with Crippen LogP contribution in [-0.4, -0.2) is 54.8 Å². The number of nitrogens with one attached hydrogen (secondary N) is 1. The van der Waals surface area contributed by atoms with E-state index in [2.05, 4.69) is 20.8 Å². The minimum atomic E-state index is -1.13. The first-order chi connectivity index (χ1) is 8.49. The zero-order chi connectivity index (χ0) is 13.5. The number of tetrazole rings is 1. The summed E-state index contributed by atoms with van der Waals surface area (Å²) in [5, 5.41) is 29.5. The number of carboxylic acid groups (broad SMARTS) is 2. The third kappa shape index (κ3) is 4.55. The van der Waals surface area contributed by atoms with Gasteiger partial charge in [-0.1, -0.05) is 0 Å². The average Bonchev–Trinajstić information content (AvgIpc) is 2.64. The van der Waals surface area contributed by atoms with Crippen molar-refractivity contribution in [2.45, 2.75) is 19.4 Å². The number of hydrogen-bond acceptors (Lipinski definition) is 6. The maximum absolute atomic E-state index is 11.4. The lowest BCUT2D eigenvalue weighted by molar-refractivity contribution is -0.138. The molecule has 10 heteroatoms. The van der Waals surface area contributed by atoms with Gasteiger partial charge >= 0.3 is 11.9 Å². The van der Waals surface area contributed by atoms with Crippen molar-refractivity contribution in [1.29, 1.82) is 0 Å². The zero-order valence-corrected chi connectivity index (χ0v) is 9.24. The molecular formula is C8H11N5O5. The number of carboxylic acids is 2. The van der Waals surface area contributed by atoms with Gasteiger partial charge in [0.2, 0.25) is 5.91 Å². The van der Waals surface area contributed by atoms with Crippen LogP contribution in [0.3, 0.4) is 0 Å². The van der Waals surface area contributed by atoms with E-state index in [-0.39, 0.29) is 25.2 Å². The molecule has 18 heavy (non-hydrogen) atoms. The highest BCUT2D eigenvalue weighted by molar-refractivity contribution is 5.78. The van der Waals surface area contributed by atoms with Crippen molar-refractivity contribution in [3.8, 4) is 0 Å². The van der Waals surface area contributed by atoms with Gasteiger partial charge in [0.25, 0.3) is 0 Å². The van der Waals surface area contributed by atoms with Crippen molar-refractivity contribution in [3.63, 3.8) is 0 Å². The molecule has 0 aliphatic rings. The maximum Gasteiger partial charge on any atom is 0.325 e. The first-order valence-corrected chi connectivity index (χ1v) is 4.94. The molecule has 3 N–H and O–H groups in total. The topological polar surface area (TPSA) is 147 Å². The predicted molar refractivity (Wildman–Crippen MR) is 54.4 cm³/mol. The van der Waals surface area contributed by atoms with E-state index >= 15 is 0 Å². The van der Waals surface area contributed by atoms with Gasteiger partial charge in [-0.2, -0.15) is 0 Å². The Kier molecular flexibility index (Phi) is 4.72. The summed E-state index contributed by atoms with van der Waals surface area (Å²) < 4.78 is 0.985. The van der Waals surface area contributed by atoms with E-state index < -0.39 is 24.4 Å². The summed E-state index contributed by atoms with van der Waals surface area (Å²) in [6.07, 6.45) is -0.397. The van der Waals surface area contributed by atoms with Gasteiger partial charge in [-0.25, -0.2) is 4.68 Å². The van der Waals surface area contributed by atoms with Crippen molar-refractivity contribution in [1.82, 2.24) is 25.5 Å². The molecular weight excluding hydrogens is 246 g/mol. The fourth-order valence-electron chi connectivity index (χ4n) is 1.12. The van der Waals surface area contributed by atoms with Crippen LogP contribution in [0.1, 0.15) is 12.2 Å². The Hall–Kier alpha value is -2.52. The number of aromatic nitrogens is 4. The summed E-state index contributed by atoms with van der Waals surface area (Å²) in [6, 6.07) is 0. The molecule has 1 aromatic heterocycles. The summed E-state index contributed by atoms with van der Waals surface area (Å²) in [7, 11) is 0. The van der Waals surface area contributed by atoms with Gasteiger partial charge in [0.05, 0.1) is 12.8 Å². The lowest BCUT2D eigenvalue weighted by atomic mass is 10.3. The van der Waals surface area contributed by atoms with Gasteiger partial charge < -0.3 is 15.5 Å². The second-order valence-corrected chi connectivity index (χ2v) is 3.32. The molecule has 0 spiro atoms. The van der Waals surface area contributed by atoms with E-state index in [1.54, 1.807) is 0 Å². The third-order valence-electron chi connectivity index (χ3n) is 1.87. The smallest absolute Gasteiger partial charge is 0.325 e. The molecule has 98 valence electrons. The van der Waals surface area contributed by atoms with Gasteiger partial charge in [-0.05, 0) is 10.4 Å². The molecule has 1 amide bonds. The normalized spacial score (nSPS) is 10.0. The lowest BCUT2D eigenvalue weighted by Crippen LogP contribution is -2.29. The van der Waals surface area contributed by atoms with E-state index in [9.17, 15) is 14.4 Å². The monoisotopic (exact) mass is 257 g/mol. The highest BCUT2D eigenvalue weighted by Crippen LogP contribution is 1.94. The first-order valence-electron chi connectivity index (χ1n) is 4.94. The predicted octanol–water partition coefficient (Wildman–Crippen LogP) is -2.11. The quantitative estimate of drug-likeness (QED) is 0.502. The molecule has 0 aromatic carbocycles. The van der Waals surface area contributed by atoms with Crippen molar-refractivity contribution >= 4 is 17.8 Å². The molecule has 0 bridgehead atoms. The Morgan fingerprint density at radius 1 is 1.22 bits per heavy atom. The second-order valence-electron chi connectivity index (χ2n) is 3.32. The summed E-state index contributed by atoms with van der Waals surface area (Å²) in [5.41, 5.74) is 0. The number of aliphatic carboxylic acids is 2. The SMILES string of the molecule is O=C(O)CCNC(=O)Cc1nnnn1CC(=O)O. The third-order valence-corrected chi connectivity index (χ3v) is 1.87. The molecule has 0 atom stereocenters. The highest BCUT2D eigenvalue weighted by Gasteiger charge is 2.13. The fraction of sp³-hybridized carbons (Fsp3) is 0.500. The molecule has 1 heterocycles. The van der Waals surface area contributed by atoms with Crippen LogP contribution in [-0.2, 0) is 27.3 Å². The molecule has 0 saturated carbocycles. The Morgan fingerprint density at radius 2 is 1.94 bits per heavy atom. The van der Waals surface area contributed by atoms with Crippen LogP contribution in [0.4, 0.5) is 0 Å². The van der Waals surface area contributed by atoms with E-state index in [4.69, 9.17) is 10.2 Å². The van der Waals surface area contributed by atoms with Crippen LogP contribution in [0, 0.1) is 0 Å². The molecule has 0 saturated heterocycles. The Bertz CT molecular complexity index is 456. The van der Waals surface area contributed by atoms with Gasteiger partial charge in [0, 0.05) is 6.54 Å². The molecule has 10 nitrogen and oxygen atoms in total. The van der Waals surface area contributed by atoms with E-state index in [0.717, 1.165) is 4.68 Å². The van der Waals surface area contributed by atoms with E-state index in [1.165, 1.54) is 0 Å². The van der Waals surface area contributed by atoms with Crippen molar-refractivity contribution in [2.75, 3.05) is 6.54 Å². The number of carbonyl (C=O) groups is 3. The Balaban J connectivity index is 2.46. The molecule has 1 rings (SSSR count). The molecule has 0 radical (unpaired) electrons. The summed E-state index contributed by atoms with van der Waals surface area (Å²) in [4.78, 5) is 32.1. The Morgan fingerprint density at radius 3 is 2.56 bits per heavy atom. The molecule has 1 aromatic rings. The zero-order valence-electron chi connectivity index (χ0n) is 9.24. The minimum absolute atomic E-state index is 0.00529. The Labute approximate surface area is 101 Å². The summed E-state index contributed by atoms with van der Waals surface area (Å²) in [5.74, 6) is -2.52. The standard InChI is InChI=1S/C8H11N5O5/c14-6(9-2-1-7(15)16)3-5-10-11-12-13(5)4-8(17)18/h1-4H2,(H,9,14)(H,15,16)(H,17,18). The summed E-state index contributed by atoms with van der Waals surface area (Å²) in [6.45, 7) is -0.445. The number of nitrogens with zero attached hydrogens (tertiary/aromatic N) is 4. The van der Waals surface area contributed by atoms with E-state index in [1.807, 2.05) is 0 Å². The van der Waals surface area contributed by atoms with Crippen LogP contribution in [0.25, 0.3) is 0 Å². The summed E-state index contributed by atoms with van der Waals surface area (Å²) >= 11 is 0. The van der Waals surface area contributed by atoms with Gasteiger partial charge in [0.1, 0.15) is 6.54 Å². The van der Waals surface area contributed by atoms with Gasteiger partial charge in [-0.15, -0.1) is 5.10 Å². The highest BCUT2D eigenvalue weighted by atomic mass is 16.4. The van der Waals surface area contributed by atoms with Crippen molar-refractivity contribution in [3.05, 3.63) is 5.82 Å². The molecule has 0 aliphatic heterocycles. The number of amides is 1. The first kappa shape index (κ1) is 13.5. The second kappa shape index (κ2) is 6.27. The van der Waals surface area contributed by atoms with E-state index in [0.29, 0.717) is 0 Å². The average molecular weight is 257 g/mol. The maximum atomic E-state index is 11.4. The molecule has 0 aliphatic carbocycles. The van der Waals surface area contributed by atoms with Crippen LogP contribution in [0.15, 0.2) is 0 Å². The number of rotatable bonds is 7. The van der Waals surface area contributed by atoms with Crippen LogP contribution >= 0.6 is 0 Å². The van der Waals surface area contributed by atoms with Crippen LogP contribution in [0.5, 0.6) is 0 Å². The number of carbonyl (C=O) groups excluding carboxylic acids is 1. The van der Waals surface area contributed by atoms with Crippen molar-refractivity contribution in [2.24, 2.45) is 0 Å². The number of hydrogen-bond donors (Lipinski definition) is 3. The molecule has 0 fully saturated rings. The van der Waals surface area contributed by atoms with Crippen LogP contribution in [0.2, 0.25) is 0 Å². The van der Waals surface area contributed by atoms with Crippen molar-refractivity contribution < 1.29 is 24.6 Å². The van der Waals surface area contributed by atoms with Crippen LogP contribution < -0.4 is 5.32 Å². The van der Waals surface area contributed by atoms with Gasteiger partial charge in [0.15, 0.2) is 5.82 Å².